The number of nitrogens with one attached hydrogen (secondary N) is 2. The lowest BCUT2D eigenvalue weighted by Crippen LogP contribution is -2.23. The quantitative estimate of drug-likeness (QED) is 0.766. The van der Waals surface area contributed by atoms with Crippen LogP contribution in [-0.2, 0) is 6.54 Å². The Morgan fingerprint density at radius 3 is 2.90 bits per heavy atom. The third kappa shape index (κ3) is 2.69. The summed E-state index contributed by atoms with van der Waals surface area (Å²) in [5.41, 5.74) is 2.03. The molecule has 2 aromatic heterocycles. The number of rotatable bonds is 4. The average molecular weight is 282 g/mol. The summed E-state index contributed by atoms with van der Waals surface area (Å²) >= 11 is 0. The van der Waals surface area contributed by atoms with Gasteiger partial charge in [0.1, 0.15) is 17.8 Å². The Morgan fingerprint density at radius 2 is 2.14 bits per heavy atom. The van der Waals surface area contributed by atoms with Gasteiger partial charge < -0.3 is 15.2 Å². The lowest BCUT2D eigenvalue weighted by atomic mass is 10.1. The lowest BCUT2D eigenvalue weighted by Gasteiger charge is -2.09. The van der Waals surface area contributed by atoms with Crippen molar-refractivity contribution >= 4 is 22.6 Å². The molecule has 0 aliphatic carbocycles. The standard InChI is InChI=1S/C15H14N4O2/c1-16-14-8-12(11-4-2-3-5-13(11)18-14)15(20)17-9-10-6-7-21-19-10/h2-8H,9H2,1H3,(H,16,18)(H,17,20). The van der Waals surface area contributed by atoms with Crippen LogP contribution in [0.2, 0.25) is 0 Å². The molecule has 1 amide bonds. The average Bonchev–Trinajstić information content (AvgIpc) is 3.05. The van der Waals surface area contributed by atoms with Crippen LogP contribution in [-0.4, -0.2) is 23.1 Å². The summed E-state index contributed by atoms with van der Waals surface area (Å²) < 4.78 is 4.74. The second-order valence-electron chi connectivity index (χ2n) is 4.50. The minimum absolute atomic E-state index is 0.173. The molecule has 0 aliphatic rings. The zero-order valence-corrected chi connectivity index (χ0v) is 11.5. The zero-order valence-electron chi connectivity index (χ0n) is 11.5. The van der Waals surface area contributed by atoms with Gasteiger partial charge in [-0.15, -0.1) is 0 Å². The number of carbonyl (C=O) groups excluding carboxylic acids is 1. The van der Waals surface area contributed by atoms with E-state index in [4.69, 9.17) is 4.52 Å². The van der Waals surface area contributed by atoms with E-state index in [1.807, 2.05) is 24.3 Å². The SMILES string of the molecule is CNc1cc(C(=O)NCc2ccon2)c2ccccc2n1. The van der Waals surface area contributed by atoms with Crippen LogP contribution in [0.4, 0.5) is 5.82 Å². The number of hydrogen-bond donors (Lipinski definition) is 2. The van der Waals surface area contributed by atoms with E-state index in [2.05, 4.69) is 20.8 Å². The number of amides is 1. The van der Waals surface area contributed by atoms with Crippen molar-refractivity contribution in [2.24, 2.45) is 0 Å². The molecule has 106 valence electrons. The highest BCUT2D eigenvalue weighted by atomic mass is 16.5. The van der Waals surface area contributed by atoms with E-state index >= 15 is 0 Å². The zero-order chi connectivity index (χ0) is 14.7. The molecule has 6 heteroatoms. The molecule has 2 N–H and O–H groups in total. The van der Waals surface area contributed by atoms with Crippen LogP contribution < -0.4 is 10.6 Å². The Balaban J connectivity index is 1.92. The van der Waals surface area contributed by atoms with Crippen molar-refractivity contribution in [3.63, 3.8) is 0 Å². The first-order valence-corrected chi connectivity index (χ1v) is 6.53. The molecule has 0 unspecified atom stereocenters. The molecule has 0 bridgehead atoms. The summed E-state index contributed by atoms with van der Waals surface area (Å²) in [6.45, 7) is 0.320. The van der Waals surface area contributed by atoms with Gasteiger partial charge >= 0.3 is 0 Å². The number of carbonyl (C=O) groups is 1. The van der Waals surface area contributed by atoms with Crippen molar-refractivity contribution in [2.45, 2.75) is 6.54 Å². The molecule has 3 aromatic rings. The van der Waals surface area contributed by atoms with Crippen molar-refractivity contribution in [3.05, 3.63) is 53.9 Å². The summed E-state index contributed by atoms with van der Waals surface area (Å²) in [6, 6.07) is 11.0. The van der Waals surface area contributed by atoms with Crippen LogP contribution in [0.25, 0.3) is 10.9 Å². The Morgan fingerprint density at radius 1 is 1.29 bits per heavy atom. The van der Waals surface area contributed by atoms with Crippen molar-refractivity contribution < 1.29 is 9.32 Å². The largest absolute Gasteiger partial charge is 0.373 e. The fraction of sp³-hybridized carbons (Fsp3) is 0.133. The highest BCUT2D eigenvalue weighted by Gasteiger charge is 2.12. The molecule has 2 heterocycles. The van der Waals surface area contributed by atoms with Crippen LogP contribution in [0.5, 0.6) is 0 Å². The number of anilines is 1. The number of aromatic nitrogens is 2. The molecule has 21 heavy (non-hydrogen) atoms. The van der Waals surface area contributed by atoms with E-state index in [0.29, 0.717) is 23.6 Å². The number of para-hydroxylation sites is 1. The Hall–Kier alpha value is -2.89. The van der Waals surface area contributed by atoms with E-state index in [1.54, 1.807) is 19.2 Å². The van der Waals surface area contributed by atoms with Gasteiger partial charge in [-0.25, -0.2) is 4.98 Å². The minimum Gasteiger partial charge on any atom is -0.373 e. The maximum atomic E-state index is 12.4. The first kappa shape index (κ1) is 13.1. The second-order valence-corrected chi connectivity index (χ2v) is 4.50. The van der Waals surface area contributed by atoms with Gasteiger partial charge in [0, 0.05) is 18.5 Å². The van der Waals surface area contributed by atoms with Gasteiger partial charge in [0.05, 0.1) is 17.6 Å². The normalized spacial score (nSPS) is 10.5. The smallest absolute Gasteiger partial charge is 0.252 e. The highest BCUT2D eigenvalue weighted by molar-refractivity contribution is 6.06. The Labute approximate surface area is 121 Å². The van der Waals surface area contributed by atoms with Crippen LogP contribution in [0.15, 0.2) is 47.2 Å². The fourth-order valence-electron chi connectivity index (χ4n) is 2.09. The maximum absolute atomic E-state index is 12.4. The van der Waals surface area contributed by atoms with E-state index < -0.39 is 0 Å². The molecule has 0 spiro atoms. The molecule has 6 nitrogen and oxygen atoms in total. The Bertz CT molecular complexity index is 768. The minimum atomic E-state index is -0.173. The second kappa shape index (κ2) is 5.62. The lowest BCUT2D eigenvalue weighted by molar-refractivity contribution is 0.0951. The summed E-state index contributed by atoms with van der Waals surface area (Å²) in [5, 5.41) is 10.4. The van der Waals surface area contributed by atoms with Crippen molar-refractivity contribution in [3.8, 4) is 0 Å². The van der Waals surface area contributed by atoms with Gasteiger partial charge in [-0.1, -0.05) is 23.4 Å². The predicted molar refractivity (Wildman–Crippen MR) is 79.0 cm³/mol. The third-order valence-corrected chi connectivity index (χ3v) is 3.14. The molecule has 0 saturated carbocycles. The molecular formula is C15H14N4O2. The van der Waals surface area contributed by atoms with E-state index in [9.17, 15) is 4.79 Å². The molecule has 0 fully saturated rings. The van der Waals surface area contributed by atoms with E-state index in [-0.39, 0.29) is 5.91 Å². The highest BCUT2D eigenvalue weighted by Crippen LogP contribution is 2.20. The van der Waals surface area contributed by atoms with Crippen LogP contribution >= 0.6 is 0 Å². The third-order valence-electron chi connectivity index (χ3n) is 3.14. The molecule has 0 atom stereocenters. The van der Waals surface area contributed by atoms with Crippen molar-refractivity contribution in [1.29, 1.82) is 0 Å². The van der Waals surface area contributed by atoms with E-state index in [1.165, 1.54) is 6.26 Å². The first-order chi connectivity index (χ1) is 10.3. The van der Waals surface area contributed by atoms with Gasteiger partial charge in [-0.05, 0) is 12.1 Å². The first-order valence-electron chi connectivity index (χ1n) is 6.53. The Kier molecular flexibility index (Phi) is 3.51. The monoisotopic (exact) mass is 282 g/mol. The van der Waals surface area contributed by atoms with Gasteiger partial charge in [0.2, 0.25) is 0 Å². The number of fused-ring (bicyclic) bond motifs is 1. The molecule has 0 saturated heterocycles. The summed E-state index contributed by atoms with van der Waals surface area (Å²) in [6.07, 6.45) is 1.47. The summed E-state index contributed by atoms with van der Waals surface area (Å²) in [5.74, 6) is 0.480. The van der Waals surface area contributed by atoms with Crippen molar-refractivity contribution in [2.75, 3.05) is 12.4 Å². The fourth-order valence-corrected chi connectivity index (χ4v) is 2.09. The van der Waals surface area contributed by atoms with Gasteiger partial charge in [-0.2, -0.15) is 0 Å². The van der Waals surface area contributed by atoms with Crippen LogP contribution in [0, 0.1) is 0 Å². The molecule has 3 rings (SSSR count). The number of hydrogen-bond acceptors (Lipinski definition) is 5. The van der Waals surface area contributed by atoms with Crippen LogP contribution in [0.3, 0.4) is 0 Å². The molecule has 0 radical (unpaired) electrons. The predicted octanol–water partition coefficient (Wildman–Crippen LogP) is 2.19. The number of benzene rings is 1. The van der Waals surface area contributed by atoms with Crippen LogP contribution in [0.1, 0.15) is 16.1 Å². The van der Waals surface area contributed by atoms with Gasteiger partial charge in [-0.3, -0.25) is 4.79 Å². The molecule has 0 aliphatic heterocycles. The van der Waals surface area contributed by atoms with Gasteiger partial charge in [0.25, 0.3) is 5.91 Å². The topological polar surface area (TPSA) is 80.0 Å². The number of nitrogens with zero attached hydrogens (tertiary/aromatic N) is 2. The summed E-state index contributed by atoms with van der Waals surface area (Å²) in [7, 11) is 1.77. The molecular weight excluding hydrogens is 268 g/mol. The maximum Gasteiger partial charge on any atom is 0.252 e. The van der Waals surface area contributed by atoms with E-state index in [0.717, 1.165) is 10.9 Å². The molecule has 1 aromatic carbocycles. The van der Waals surface area contributed by atoms with Crippen molar-refractivity contribution in [1.82, 2.24) is 15.5 Å². The van der Waals surface area contributed by atoms with Gasteiger partial charge in [0.15, 0.2) is 0 Å². The number of pyridine rings is 1. The summed E-state index contributed by atoms with van der Waals surface area (Å²) in [4.78, 5) is 16.8.